The molecule has 33 heavy (non-hydrogen) atoms. The summed E-state index contributed by atoms with van der Waals surface area (Å²) in [5.41, 5.74) is 0.394. The Hall–Kier alpha value is -2.68. The van der Waals surface area contributed by atoms with Gasteiger partial charge in [0.1, 0.15) is 18.2 Å². The molecule has 2 aliphatic rings. The number of methoxy groups -OCH3 is 1. The van der Waals surface area contributed by atoms with Crippen molar-refractivity contribution in [3.8, 4) is 5.75 Å². The van der Waals surface area contributed by atoms with Crippen LogP contribution in [0.2, 0.25) is 0 Å². The van der Waals surface area contributed by atoms with Crippen molar-refractivity contribution in [3.05, 3.63) is 35.4 Å². The van der Waals surface area contributed by atoms with E-state index in [9.17, 15) is 9.18 Å². The molecule has 2 aromatic rings. The van der Waals surface area contributed by atoms with E-state index in [1.807, 2.05) is 0 Å². The first-order valence-electron chi connectivity index (χ1n) is 11.6. The van der Waals surface area contributed by atoms with Crippen molar-refractivity contribution in [2.45, 2.75) is 38.7 Å². The van der Waals surface area contributed by atoms with Gasteiger partial charge in [-0.3, -0.25) is 4.79 Å². The number of ether oxygens (including phenoxy) is 2. The Morgan fingerprint density at radius 3 is 2.79 bits per heavy atom. The SMILES string of the molecule is COCc1noc(N2CCC(C3C[C@H]3CCOc3ccc(CC(=O)N(C)C)c(F)c3)CC2)n1. The quantitative estimate of drug-likeness (QED) is 0.538. The van der Waals surface area contributed by atoms with E-state index in [0.29, 0.717) is 42.3 Å². The van der Waals surface area contributed by atoms with Crippen LogP contribution in [0.15, 0.2) is 22.7 Å². The fourth-order valence-corrected chi connectivity index (χ4v) is 4.67. The minimum absolute atomic E-state index is 0.0580. The van der Waals surface area contributed by atoms with E-state index in [-0.39, 0.29) is 12.3 Å². The van der Waals surface area contributed by atoms with Gasteiger partial charge in [0, 0.05) is 40.4 Å². The average molecular weight is 461 g/mol. The topological polar surface area (TPSA) is 80.9 Å². The zero-order valence-corrected chi connectivity index (χ0v) is 19.6. The third-order valence-corrected chi connectivity index (χ3v) is 6.75. The van der Waals surface area contributed by atoms with Crippen LogP contribution in [0.3, 0.4) is 0 Å². The van der Waals surface area contributed by atoms with Gasteiger partial charge in [0.15, 0.2) is 5.82 Å². The lowest BCUT2D eigenvalue weighted by Crippen LogP contribution is -2.34. The molecule has 1 amide bonds. The minimum atomic E-state index is -0.394. The molecule has 0 N–H and O–H groups in total. The number of rotatable bonds is 10. The van der Waals surface area contributed by atoms with Gasteiger partial charge in [-0.05, 0) is 55.1 Å². The van der Waals surface area contributed by atoms with Crippen LogP contribution in [0.1, 0.15) is 37.1 Å². The molecule has 4 rings (SSSR count). The maximum atomic E-state index is 14.3. The Morgan fingerprint density at radius 2 is 2.09 bits per heavy atom. The number of likely N-dealkylation sites (N-methyl/N-ethyl adjacent to an activating group) is 1. The predicted molar refractivity (Wildman–Crippen MR) is 120 cm³/mol. The standard InChI is InChI=1S/C24H33FN4O4/c1-28(2)23(30)13-18-4-5-19(14-21(18)25)32-11-8-17-12-20(17)16-6-9-29(10-7-16)24-26-22(15-31-3)27-33-24/h4-5,14,16-17,20H,6-13,15H2,1-3H3/t17-,20?/m1/s1. The molecule has 2 fully saturated rings. The molecule has 2 atom stereocenters. The van der Waals surface area contributed by atoms with Gasteiger partial charge in [0.2, 0.25) is 5.91 Å². The van der Waals surface area contributed by atoms with Gasteiger partial charge in [-0.2, -0.15) is 4.98 Å². The van der Waals surface area contributed by atoms with Crippen LogP contribution in [0.25, 0.3) is 0 Å². The zero-order chi connectivity index (χ0) is 23.4. The van der Waals surface area contributed by atoms with E-state index >= 15 is 0 Å². The Morgan fingerprint density at radius 1 is 1.30 bits per heavy atom. The van der Waals surface area contributed by atoms with Crippen LogP contribution in [0, 0.1) is 23.6 Å². The lowest BCUT2D eigenvalue weighted by atomic mass is 9.90. The van der Waals surface area contributed by atoms with Crippen LogP contribution >= 0.6 is 0 Å². The van der Waals surface area contributed by atoms with E-state index in [2.05, 4.69) is 15.0 Å². The molecule has 0 radical (unpaired) electrons. The molecular formula is C24H33FN4O4. The number of aromatic nitrogens is 2. The maximum Gasteiger partial charge on any atom is 0.324 e. The summed E-state index contributed by atoms with van der Waals surface area (Å²) in [5, 5.41) is 3.94. The zero-order valence-electron chi connectivity index (χ0n) is 19.6. The van der Waals surface area contributed by atoms with Gasteiger partial charge in [-0.15, -0.1) is 0 Å². The highest BCUT2D eigenvalue weighted by atomic mass is 19.1. The second-order valence-corrected chi connectivity index (χ2v) is 9.27. The summed E-state index contributed by atoms with van der Waals surface area (Å²) in [6.45, 7) is 2.81. The largest absolute Gasteiger partial charge is 0.493 e. The van der Waals surface area contributed by atoms with Gasteiger partial charge in [-0.25, -0.2) is 4.39 Å². The van der Waals surface area contributed by atoms with E-state index in [1.165, 1.54) is 17.4 Å². The molecule has 0 spiro atoms. The third-order valence-electron chi connectivity index (χ3n) is 6.75. The van der Waals surface area contributed by atoms with Crippen molar-refractivity contribution in [1.29, 1.82) is 0 Å². The number of hydrogen-bond donors (Lipinski definition) is 0. The number of carbonyl (C=O) groups excluding carboxylic acids is 1. The summed E-state index contributed by atoms with van der Waals surface area (Å²) in [6.07, 6.45) is 4.54. The molecule has 1 aromatic carbocycles. The van der Waals surface area contributed by atoms with Crippen molar-refractivity contribution in [2.75, 3.05) is 45.8 Å². The molecule has 1 saturated carbocycles. The summed E-state index contributed by atoms with van der Waals surface area (Å²) in [6, 6.07) is 5.36. The Labute approximate surface area is 194 Å². The summed E-state index contributed by atoms with van der Waals surface area (Å²) < 4.78 is 30.5. The van der Waals surface area contributed by atoms with E-state index in [4.69, 9.17) is 14.0 Å². The summed E-state index contributed by atoms with van der Waals surface area (Å²) in [5.74, 6) is 2.73. The lowest BCUT2D eigenvalue weighted by molar-refractivity contribution is -0.128. The number of hydrogen-bond acceptors (Lipinski definition) is 7. The highest BCUT2D eigenvalue weighted by Crippen LogP contribution is 2.49. The van der Waals surface area contributed by atoms with Gasteiger partial charge >= 0.3 is 6.01 Å². The van der Waals surface area contributed by atoms with Crippen LogP contribution in [0.5, 0.6) is 5.75 Å². The van der Waals surface area contributed by atoms with Crippen molar-refractivity contribution < 1.29 is 23.2 Å². The first-order chi connectivity index (χ1) is 15.9. The Kier molecular flexibility index (Phi) is 7.47. The molecule has 8 nitrogen and oxygen atoms in total. The molecule has 2 heterocycles. The second kappa shape index (κ2) is 10.5. The number of benzene rings is 1. The summed E-state index contributed by atoms with van der Waals surface area (Å²) >= 11 is 0. The first kappa shape index (κ1) is 23.5. The van der Waals surface area contributed by atoms with Crippen LogP contribution in [0.4, 0.5) is 10.4 Å². The highest BCUT2D eigenvalue weighted by molar-refractivity contribution is 5.78. The minimum Gasteiger partial charge on any atom is -0.493 e. The molecule has 9 heteroatoms. The summed E-state index contributed by atoms with van der Waals surface area (Å²) in [4.78, 5) is 19.8. The third kappa shape index (κ3) is 6.01. The van der Waals surface area contributed by atoms with Crippen LogP contribution < -0.4 is 9.64 Å². The Bertz CT molecular complexity index is 942. The molecule has 1 aliphatic heterocycles. The normalized spacial score (nSPS) is 20.7. The smallest absolute Gasteiger partial charge is 0.324 e. The van der Waals surface area contributed by atoms with Gasteiger partial charge in [0.25, 0.3) is 0 Å². The monoisotopic (exact) mass is 460 g/mol. The maximum absolute atomic E-state index is 14.3. The molecule has 1 aliphatic carbocycles. The van der Waals surface area contributed by atoms with E-state index in [0.717, 1.165) is 44.2 Å². The number of carbonyl (C=O) groups is 1. The van der Waals surface area contributed by atoms with Gasteiger partial charge in [0.05, 0.1) is 13.0 Å². The average Bonchev–Trinajstić information content (AvgIpc) is 3.42. The first-order valence-corrected chi connectivity index (χ1v) is 11.6. The van der Waals surface area contributed by atoms with Crippen LogP contribution in [-0.4, -0.2) is 61.8 Å². The summed E-state index contributed by atoms with van der Waals surface area (Å²) in [7, 11) is 4.95. The Balaban J connectivity index is 1.16. The van der Waals surface area contributed by atoms with Crippen LogP contribution in [-0.2, 0) is 22.6 Å². The molecule has 1 aromatic heterocycles. The fourth-order valence-electron chi connectivity index (χ4n) is 4.67. The second-order valence-electron chi connectivity index (χ2n) is 9.27. The molecule has 1 unspecified atom stereocenters. The van der Waals surface area contributed by atoms with E-state index < -0.39 is 5.82 Å². The fraction of sp³-hybridized carbons (Fsp3) is 0.625. The van der Waals surface area contributed by atoms with Gasteiger partial charge in [-0.1, -0.05) is 11.2 Å². The molecule has 180 valence electrons. The van der Waals surface area contributed by atoms with Crippen molar-refractivity contribution in [1.82, 2.24) is 15.0 Å². The van der Waals surface area contributed by atoms with Crippen molar-refractivity contribution in [3.63, 3.8) is 0 Å². The van der Waals surface area contributed by atoms with Gasteiger partial charge < -0.3 is 23.8 Å². The molecule has 0 bridgehead atoms. The number of piperidine rings is 1. The number of nitrogens with zero attached hydrogens (tertiary/aromatic N) is 4. The number of halogens is 1. The molecule has 1 saturated heterocycles. The predicted octanol–water partition coefficient (Wildman–Crippen LogP) is 3.31. The number of anilines is 1. The van der Waals surface area contributed by atoms with Crippen molar-refractivity contribution >= 4 is 11.9 Å². The van der Waals surface area contributed by atoms with Crippen molar-refractivity contribution in [2.24, 2.45) is 17.8 Å². The number of amides is 1. The van der Waals surface area contributed by atoms with E-state index in [1.54, 1.807) is 33.3 Å². The highest BCUT2D eigenvalue weighted by Gasteiger charge is 2.43. The molecular weight excluding hydrogens is 427 g/mol. The lowest BCUT2D eigenvalue weighted by Gasteiger charge is -2.30.